The molecule has 0 atom stereocenters. The monoisotopic (exact) mass is 306 g/mol. The fraction of sp³-hybridized carbons (Fsp3) is 0.444. The highest BCUT2D eigenvalue weighted by molar-refractivity contribution is 5.30. The maximum atomic E-state index is 5.47. The predicted octanol–water partition coefficient (Wildman–Crippen LogP) is 4.43. The van der Waals surface area contributed by atoms with E-state index < -0.39 is 11.2 Å². The van der Waals surface area contributed by atoms with Crippen LogP contribution in [-0.4, -0.2) is 13.2 Å². The van der Waals surface area contributed by atoms with Gasteiger partial charge in [0.2, 0.25) is 0 Å². The van der Waals surface area contributed by atoms with E-state index in [0.717, 1.165) is 11.1 Å². The zero-order chi connectivity index (χ0) is 16.6. The minimum absolute atomic E-state index is 0.340. The molecule has 0 aliphatic heterocycles. The van der Waals surface area contributed by atoms with Gasteiger partial charge in [-0.15, -0.1) is 13.2 Å². The Morgan fingerprint density at radius 1 is 0.864 bits per heavy atom. The van der Waals surface area contributed by atoms with Crippen molar-refractivity contribution in [3.8, 4) is 0 Å². The summed E-state index contributed by atoms with van der Waals surface area (Å²) in [4.78, 5) is 21.2. The van der Waals surface area contributed by atoms with E-state index >= 15 is 0 Å². The van der Waals surface area contributed by atoms with Crippen LogP contribution in [0.15, 0.2) is 49.6 Å². The Morgan fingerprint density at radius 3 is 1.64 bits per heavy atom. The van der Waals surface area contributed by atoms with Crippen molar-refractivity contribution in [2.75, 3.05) is 13.2 Å². The molecule has 0 fully saturated rings. The van der Waals surface area contributed by atoms with Crippen LogP contribution in [0.1, 0.15) is 38.8 Å². The van der Waals surface area contributed by atoms with Crippen LogP contribution in [0.4, 0.5) is 0 Å². The molecule has 0 bridgehead atoms. The second-order valence-corrected chi connectivity index (χ2v) is 5.91. The molecule has 4 heteroatoms. The van der Waals surface area contributed by atoms with Crippen LogP contribution in [0.25, 0.3) is 0 Å². The Bertz CT molecular complexity index is 450. The smallest absolute Gasteiger partial charge is 0.123 e. The minimum atomic E-state index is -0.586. The molecule has 1 aromatic carbocycles. The summed E-state index contributed by atoms with van der Waals surface area (Å²) >= 11 is 0. The molecule has 0 N–H and O–H groups in total. The molecule has 0 radical (unpaired) electrons. The molecule has 4 nitrogen and oxygen atoms in total. The van der Waals surface area contributed by atoms with Gasteiger partial charge in [0.25, 0.3) is 0 Å². The lowest BCUT2D eigenvalue weighted by Crippen LogP contribution is -2.25. The van der Waals surface area contributed by atoms with Crippen LogP contribution in [0, 0.1) is 0 Å². The Kier molecular flexibility index (Phi) is 6.97. The van der Waals surface area contributed by atoms with Crippen molar-refractivity contribution in [2.45, 2.75) is 38.9 Å². The predicted molar refractivity (Wildman–Crippen MR) is 87.0 cm³/mol. The van der Waals surface area contributed by atoms with Crippen molar-refractivity contribution in [1.82, 2.24) is 0 Å². The fourth-order valence-corrected chi connectivity index (χ4v) is 1.82. The van der Waals surface area contributed by atoms with Gasteiger partial charge in [-0.05, 0) is 44.9 Å². The summed E-state index contributed by atoms with van der Waals surface area (Å²) in [5.74, 6) is 0. The Balaban J connectivity index is 2.87. The Labute approximate surface area is 133 Å². The van der Waals surface area contributed by atoms with Gasteiger partial charge >= 0.3 is 0 Å². The standard InChI is InChI=1S/C18H26O4/c1-7-12-19-21-17(3,4)15-10-9-11-16(14-15)18(5,6)22-20-13-8-2/h7-11,14H,1-2,12-13H2,3-6H3. The van der Waals surface area contributed by atoms with Crippen molar-refractivity contribution in [3.05, 3.63) is 60.7 Å². The van der Waals surface area contributed by atoms with Crippen LogP contribution in [0.5, 0.6) is 0 Å². The van der Waals surface area contributed by atoms with Gasteiger partial charge in [-0.1, -0.05) is 30.4 Å². The zero-order valence-electron chi connectivity index (χ0n) is 13.9. The Morgan fingerprint density at radius 2 is 1.27 bits per heavy atom. The lowest BCUT2D eigenvalue weighted by Gasteiger charge is -2.28. The first kappa shape index (κ1) is 18.6. The van der Waals surface area contributed by atoms with Gasteiger partial charge < -0.3 is 0 Å². The molecule has 0 saturated heterocycles. The van der Waals surface area contributed by atoms with Crippen LogP contribution in [0.3, 0.4) is 0 Å². The molecule has 0 heterocycles. The van der Waals surface area contributed by atoms with Crippen LogP contribution < -0.4 is 0 Å². The van der Waals surface area contributed by atoms with Gasteiger partial charge in [0.1, 0.15) is 24.4 Å². The molecule has 0 amide bonds. The molecule has 1 aromatic rings. The van der Waals surface area contributed by atoms with Crippen LogP contribution in [0.2, 0.25) is 0 Å². The van der Waals surface area contributed by atoms with E-state index in [2.05, 4.69) is 13.2 Å². The highest BCUT2D eigenvalue weighted by atomic mass is 17.2. The first-order valence-electron chi connectivity index (χ1n) is 7.27. The van der Waals surface area contributed by atoms with Crippen LogP contribution >= 0.6 is 0 Å². The quantitative estimate of drug-likeness (QED) is 0.277. The maximum Gasteiger partial charge on any atom is 0.123 e. The summed E-state index contributed by atoms with van der Waals surface area (Å²) < 4.78 is 0. The first-order chi connectivity index (χ1) is 10.3. The summed E-state index contributed by atoms with van der Waals surface area (Å²) in [6, 6.07) is 7.96. The summed E-state index contributed by atoms with van der Waals surface area (Å²) in [6.45, 7) is 15.6. The fourth-order valence-electron chi connectivity index (χ4n) is 1.82. The molecule has 0 unspecified atom stereocenters. The highest BCUT2D eigenvalue weighted by Crippen LogP contribution is 2.31. The number of benzene rings is 1. The molecule has 0 spiro atoms. The third-order valence-electron chi connectivity index (χ3n) is 3.16. The zero-order valence-corrected chi connectivity index (χ0v) is 13.9. The van der Waals surface area contributed by atoms with Crippen LogP contribution in [-0.2, 0) is 30.8 Å². The Hall–Kier alpha value is -1.46. The third kappa shape index (κ3) is 5.39. The van der Waals surface area contributed by atoms with Crippen molar-refractivity contribution < 1.29 is 19.6 Å². The van der Waals surface area contributed by atoms with Gasteiger partial charge in [0, 0.05) is 0 Å². The van der Waals surface area contributed by atoms with Gasteiger partial charge in [0.05, 0.1) is 0 Å². The SMILES string of the molecule is C=CCOOC(C)(C)c1cccc(C(C)(C)OOCC=C)c1. The number of hydrogen-bond donors (Lipinski definition) is 0. The normalized spacial score (nSPS) is 12.2. The van der Waals surface area contributed by atoms with E-state index in [4.69, 9.17) is 19.6 Å². The molecule has 1 rings (SSSR count). The molecule has 122 valence electrons. The van der Waals surface area contributed by atoms with E-state index in [-0.39, 0.29) is 0 Å². The van der Waals surface area contributed by atoms with Gasteiger partial charge in [-0.3, -0.25) is 0 Å². The average Bonchev–Trinajstić information content (AvgIpc) is 2.48. The summed E-state index contributed by atoms with van der Waals surface area (Å²) in [5.41, 5.74) is 0.789. The van der Waals surface area contributed by atoms with Gasteiger partial charge in [-0.2, -0.15) is 0 Å². The van der Waals surface area contributed by atoms with E-state index in [1.165, 1.54) is 0 Å². The van der Waals surface area contributed by atoms with Crippen molar-refractivity contribution in [2.24, 2.45) is 0 Å². The molecule has 0 aromatic heterocycles. The summed E-state index contributed by atoms with van der Waals surface area (Å²) in [7, 11) is 0. The second-order valence-electron chi connectivity index (χ2n) is 5.91. The molecule has 22 heavy (non-hydrogen) atoms. The second kappa shape index (κ2) is 8.25. The topological polar surface area (TPSA) is 36.9 Å². The molecule has 0 saturated carbocycles. The molecular formula is C18H26O4. The van der Waals surface area contributed by atoms with Crippen molar-refractivity contribution in [1.29, 1.82) is 0 Å². The van der Waals surface area contributed by atoms with Gasteiger partial charge in [0.15, 0.2) is 0 Å². The largest absolute Gasteiger partial charge is 0.232 e. The highest BCUT2D eigenvalue weighted by Gasteiger charge is 2.27. The van der Waals surface area contributed by atoms with Crippen molar-refractivity contribution >= 4 is 0 Å². The first-order valence-corrected chi connectivity index (χ1v) is 7.27. The lowest BCUT2D eigenvalue weighted by atomic mass is 9.91. The molecule has 0 aliphatic rings. The molecule has 0 aliphatic carbocycles. The number of hydrogen-bond acceptors (Lipinski definition) is 4. The summed E-state index contributed by atoms with van der Waals surface area (Å²) in [6.07, 6.45) is 3.28. The van der Waals surface area contributed by atoms with E-state index in [1.807, 2.05) is 52.0 Å². The summed E-state index contributed by atoms with van der Waals surface area (Å²) in [5, 5.41) is 0. The average molecular weight is 306 g/mol. The number of rotatable bonds is 10. The van der Waals surface area contributed by atoms with E-state index in [9.17, 15) is 0 Å². The minimum Gasteiger partial charge on any atom is -0.232 e. The van der Waals surface area contributed by atoms with Gasteiger partial charge in [-0.25, -0.2) is 19.6 Å². The maximum absolute atomic E-state index is 5.47. The van der Waals surface area contributed by atoms with Crippen molar-refractivity contribution in [3.63, 3.8) is 0 Å². The lowest BCUT2D eigenvalue weighted by molar-refractivity contribution is -0.353. The third-order valence-corrected chi connectivity index (χ3v) is 3.16. The molecular weight excluding hydrogens is 280 g/mol. The van der Waals surface area contributed by atoms with E-state index in [0.29, 0.717) is 13.2 Å². The van der Waals surface area contributed by atoms with E-state index in [1.54, 1.807) is 12.2 Å².